The molecule has 1 aliphatic heterocycles. The van der Waals surface area contributed by atoms with Gasteiger partial charge in [-0.3, -0.25) is 0 Å². The van der Waals surface area contributed by atoms with Crippen molar-refractivity contribution in [2.45, 2.75) is 24.3 Å². The third kappa shape index (κ3) is 2.34. The van der Waals surface area contributed by atoms with Crippen LogP contribution in [-0.4, -0.2) is 37.0 Å². The fourth-order valence-corrected chi connectivity index (χ4v) is 3.67. The van der Waals surface area contributed by atoms with Crippen LogP contribution >= 0.6 is 0 Å². The van der Waals surface area contributed by atoms with Crippen molar-refractivity contribution in [2.75, 3.05) is 13.1 Å². The van der Waals surface area contributed by atoms with E-state index in [1.807, 2.05) is 0 Å². The third-order valence-corrected chi connectivity index (χ3v) is 4.91. The van der Waals surface area contributed by atoms with Crippen LogP contribution in [0.5, 0.6) is 0 Å². The standard InChI is InChI=1S/C11H14FNO3S/c1-8-6-9(12)2-3-11(8)17(15,16)13-5-4-10(14)7-13/h2-3,6,10,14H,4-5,7H2,1H3/t10-/m1/s1. The van der Waals surface area contributed by atoms with Crippen molar-refractivity contribution < 1.29 is 17.9 Å². The normalized spacial score (nSPS) is 21.9. The van der Waals surface area contributed by atoms with E-state index in [9.17, 15) is 17.9 Å². The molecule has 1 aromatic rings. The van der Waals surface area contributed by atoms with Crippen LogP contribution < -0.4 is 0 Å². The van der Waals surface area contributed by atoms with Gasteiger partial charge in [0.25, 0.3) is 0 Å². The quantitative estimate of drug-likeness (QED) is 0.858. The number of aliphatic hydroxyl groups is 1. The van der Waals surface area contributed by atoms with Crippen molar-refractivity contribution in [1.29, 1.82) is 0 Å². The molecular formula is C11H14FNO3S. The lowest BCUT2D eigenvalue weighted by molar-refractivity contribution is 0.189. The molecule has 1 aromatic carbocycles. The highest BCUT2D eigenvalue weighted by Gasteiger charge is 2.32. The largest absolute Gasteiger partial charge is 0.392 e. The molecule has 94 valence electrons. The summed E-state index contributed by atoms with van der Waals surface area (Å²) < 4.78 is 38.6. The molecular weight excluding hydrogens is 245 g/mol. The second kappa shape index (κ2) is 4.36. The number of aryl methyl sites for hydroxylation is 1. The fourth-order valence-electron chi connectivity index (χ4n) is 1.97. The van der Waals surface area contributed by atoms with E-state index in [2.05, 4.69) is 0 Å². The van der Waals surface area contributed by atoms with Gasteiger partial charge in [-0.2, -0.15) is 4.31 Å². The number of β-amino-alcohol motifs (C(OH)–C–C–N with tert-alkyl or cyclic N) is 1. The van der Waals surface area contributed by atoms with Gasteiger partial charge in [0.05, 0.1) is 11.0 Å². The van der Waals surface area contributed by atoms with Crippen molar-refractivity contribution in [3.05, 3.63) is 29.6 Å². The molecule has 0 saturated carbocycles. The zero-order chi connectivity index (χ0) is 12.6. The minimum absolute atomic E-state index is 0.105. The van der Waals surface area contributed by atoms with Crippen molar-refractivity contribution >= 4 is 10.0 Å². The number of hydrogen-bond acceptors (Lipinski definition) is 3. The molecule has 1 heterocycles. The van der Waals surface area contributed by atoms with E-state index in [1.165, 1.54) is 16.4 Å². The van der Waals surface area contributed by atoms with Crippen LogP contribution in [0.4, 0.5) is 4.39 Å². The van der Waals surface area contributed by atoms with Crippen LogP contribution in [0.2, 0.25) is 0 Å². The van der Waals surface area contributed by atoms with Gasteiger partial charge in [-0.05, 0) is 37.1 Å². The lowest BCUT2D eigenvalue weighted by Crippen LogP contribution is -2.30. The smallest absolute Gasteiger partial charge is 0.243 e. The van der Waals surface area contributed by atoms with Gasteiger partial charge in [-0.25, -0.2) is 12.8 Å². The highest BCUT2D eigenvalue weighted by Crippen LogP contribution is 2.24. The molecule has 1 N–H and O–H groups in total. The summed E-state index contributed by atoms with van der Waals surface area (Å²) in [4.78, 5) is 0.105. The van der Waals surface area contributed by atoms with E-state index < -0.39 is 21.9 Å². The first kappa shape index (κ1) is 12.5. The molecule has 0 unspecified atom stereocenters. The monoisotopic (exact) mass is 259 g/mol. The number of rotatable bonds is 2. The molecule has 0 spiro atoms. The first-order chi connectivity index (χ1) is 7.91. The maximum atomic E-state index is 12.9. The van der Waals surface area contributed by atoms with Gasteiger partial charge in [0, 0.05) is 13.1 Å². The Morgan fingerprint density at radius 1 is 1.47 bits per heavy atom. The Morgan fingerprint density at radius 3 is 2.71 bits per heavy atom. The fraction of sp³-hybridized carbons (Fsp3) is 0.455. The van der Waals surface area contributed by atoms with Crippen LogP contribution in [0.1, 0.15) is 12.0 Å². The number of nitrogens with zero attached hydrogens (tertiary/aromatic N) is 1. The number of hydrogen-bond donors (Lipinski definition) is 1. The van der Waals surface area contributed by atoms with Gasteiger partial charge in [0.2, 0.25) is 10.0 Å². The van der Waals surface area contributed by atoms with Crippen LogP contribution in [0.25, 0.3) is 0 Å². The minimum atomic E-state index is -3.61. The maximum Gasteiger partial charge on any atom is 0.243 e. The summed E-state index contributed by atoms with van der Waals surface area (Å²) in [6.45, 7) is 1.97. The predicted molar refractivity (Wildman–Crippen MR) is 60.5 cm³/mol. The number of sulfonamides is 1. The Labute approximate surface area is 99.7 Å². The Hall–Kier alpha value is -0.980. The zero-order valence-corrected chi connectivity index (χ0v) is 10.2. The molecule has 0 aliphatic carbocycles. The maximum absolute atomic E-state index is 12.9. The van der Waals surface area contributed by atoms with E-state index >= 15 is 0 Å². The molecule has 1 atom stereocenters. The Kier molecular flexibility index (Phi) is 3.20. The predicted octanol–water partition coefficient (Wildman–Crippen LogP) is 0.889. The van der Waals surface area contributed by atoms with E-state index in [0.29, 0.717) is 18.5 Å². The number of benzene rings is 1. The van der Waals surface area contributed by atoms with Crippen LogP contribution in [0.3, 0.4) is 0 Å². The number of aliphatic hydroxyl groups excluding tert-OH is 1. The van der Waals surface area contributed by atoms with Crippen molar-refractivity contribution in [3.63, 3.8) is 0 Å². The molecule has 0 bridgehead atoms. The SMILES string of the molecule is Cc1cc(F)ccc1S(=O)(=O)N1CC[C@@H](O)C1. The van der Waals surface area contributed by atoms with Gasteiger partial charge in [0.1, 0.15) is 5.82 Å². The summed E-state index contributed by atoms with van der Waals surface area (Å²) in [6, 6.07) is 3.59. The molecule has 1 saturated heterocycles. The second-order valence-corrected chi connectivity index (χ2v) is 6.12. The first-order valence-corrected chi connectivity index (χ1v) is 6.79. The molecule has 17 heavy (non-hydrogen) atoms. The van der Waals surface area contributed by atoms with E-state index in [4.69, 9.17) is 0 Å². The highest BCUT2D eigenvalue weighted by atomic mass is 32.2. The third-order valence-electron chi connectivity index (χ3n) is 2.88. The Balaban J connectivity index is 2.38. The molecule has 1 aliphatic rings. The molecule has 4 nitrogen and oxygen atoms in total. The van der Waals surface area contributed by atoms with Crippen molar-refractivity contribution in [1.82, 2.24) is 4.31 Å². The average molecular weight is 259 g/mol. The van der Waals surface area contributed by atoms with Crippen LogP contribution in [0.15, 0.2) is 23.1 Å². The van der Waals surface area contributed by atoms with Gasteiger partial charge in [-0.15, -0.1) is 0 Å². The van der Waals surface area contributed by atoms with Gasteiger partial charge >= 0.3 is 0 Å². The average Bonchev–Trinajstić information content (AvgIpc) is 2.64. The first-order valence-electron chi connectivity index (χ1n) is 5.35. The van der Waals surface area contributed by atoms with E-state index in [0.717, 1.165) is 6.07 Å². The number of halogens is 1. The molecule has 1 fully saturated rings. The Bertz CT molecular complexity index is 530. The Morgan fingerprint density at radius 2 is 2.18 bits per heavy atom. The zero-order valence-electron chi connectivity index (χ0n) is 9.43. The van der Waals surface area contributed by atoms with Gasteiger partial charge in [-0.1, -0.05) is 0 Å². The summed E-state index contributed by atoms with van der Waals surface area (Å²) in [5.74, 6) is -0.456. The van der Waals surface area contributed by atoms with Crippen molar-refractivity contribution in [2.24, 2.45) is 0 Å². The lowest BCUT2D eigenvalue weighted by atomic mass is 10.2. The van der Waals surface area contributed by atoms with E-state index in [-0.39, 0.29) is 11.4 Å². The second-order valence-electron chi connectivity index (χ2n) is 4.22. The molecule has 6 heteroatoms. The molecule has 0 radical (unpaired) electrons. The van der Waals surface area contributed by atoms with Crippen molar-refractivity contribution in [3.8, 4) is 0 Å². The summed E-state index contributed by atoms with van der Waals surface area (Å²) in [7, 11) is -3.61. The lowest BCUT2D eigenvalue weighted by Gasteiger charge is -2.17. The topological polar surface area (TPSA) is 57.6 Å². The summed E-state index contributed by atoms with van der Waals surface area (Å²) >= 11 is 0. The molecule has 2 rings (SSSR count). The highest BCUT2D eigenvalue weighted by molar-refractivity contribution is 7.89. The minimum Gasteiger partial charge on any atom is -0.392 e. The van der Waals surface area contributed by atoms with Crippen LogP contribution in [-0.2, 0) is 10.0 Å². The van der Waals surface area contributed by atoms with Crippen LogP contribution in [0, 0.1) is 12.7 Å². The van der Waals surface area contributed by atoms with Gasteiger partial charge in [0.15, 0.2) is 0 Å². The summed E-state index contributed by atoms with van der Waals surface area (Å²) in [5, 5.41) is 9.36. The molecule has 0 amide bonds. The summed E-state index contributed by atoms with van der Waals surface area (Å²) in [6.07, 6.45) is -0.162. The summed E-state index contributed by atoms with van der Waals surface area (Å²) in [5.41, 5.74) is 0.381. The van der Waals surface area contributed by atoms with Gasteiger partial charge < -0.3 is 5.11 Å². The van der Waals surface area contributed by atoms with E-state index in [1.54, 1.807) is 6.92 Å². The molecule has 0 aromatic heterocycles.